The summed E-state index contributed by atoms with van der Waals surface area (Å²) in [5, 5.41) is 7.46. The zero-order valence-electron chi connectivity index (χ0n) is 15.2. The van der Waals surface area contributed by atoms with Crippen molar-refractivity contribution in [1.82, 2.24) is 15.5 Å². The summed E-state index contributed by atoms with van der Waals surface area (Å²) in [6.45, 7) is 2.42. The van der Waals surface area contributed by atoms with Gasteiger partial charge in [0.1, 0.15) is 0 Å². The Morgan fingerprint density at radius 3 is 2.73 bits per heavy atom. The molecule has 144 valence electrons. The molecular formula is C19H29N3O3S. The summed E-state index contributed by atoms with van der Waals surface area (Å²) in [5.41, 5.74) is 0. The number of nitrogens with zero attached hydrogens (tertiary/aromatic N) is 1. The van der Waals surface area contributed by atoms with Crippen molar-refractivity contribution in [3.05, 3.63) is 22.4 Å². The minimum Gasteiger partial charge on any atom is -0.377 e. The first-order valence-corrected chi connectivity index (χ1v) is 10.5. The SMILES string of the molecule is O=C(CN(Cc1cccs1)C[C@@H]1CCCO1)NC(=O)NC1CCCCC1. The van der Waals surface area contributed by atoms with E-state index in [1.165, 1.54) is 11.3 Å². The van der Waals surface area contributed by atoms with E-state index < -0.39 is 0 Å². The van der Waals surface area contributed by atoms with Gasteiger partial charge in [0.05, 0.1) is 12.6 Å². The molecule has 0 aromatic carbocycles. The third-order valence-corrected chi connectivity index (χ3v) is 5.87. The van der Waals surface area contributed by atoms with Crippen molar-refractivity contribution in [3.8, 4) is 0 Å². The van der Waals surface area contributed by atoms with Crippen LogP contribution in [0.3, 0.4) is 0 Å². The quantitative estimate of drug-likeness (QED) is 0.764. The molecule has 2 aliphatic rings. The number of rotatable bonds is 7. The number of carbonyl (C=O) groups is 2. The van der Waals surface area contributed by atoms with Crippen molar-refractivity contribution in [1.29, 1.82) is 0 Å². The van der Waals surface area contributed by atoms with Gasteiger partial charge in [-0.2, -0.15) is 0 Å². The lowest BCUT2D eigenvalue weighted by Crippen LogP contribution is -2.48. The molecular weight excluding hydrogens is 350 g/mol. The van der Waals surface area contributed by atoms with E-state index in [9.17, 15) is 9.59 Å². The minimum atomic E-state index is -0.366. The lowest BCUT2D eigenvalue weighted by Gasteiger charge is -2.25. The van der Waals surface area contributed by atoms with Crippen LogP contribution in [-0.4, -0.2) is 48.7 Å². The summed E-state index contributed by atoms with van der Waals surface area (Å²) in [4.78, 5) is 27.7. The molecule has 0 bridgehead atoms. The normalized spacial score (nSPS) is 21.0. The molecule has 2 heterocycles. The summed E-state index contributed by atoms with van der Waals surface area (Å²) >= 11 is 1.68. The van der Waals surface area contributed by atoms with Crippen LogP contribution in [-0.2, 0) is 16.1 Å². The van der Waals surface area contributed by atoms with Crippen LogP contribution in [0, 0.1) is 0 Å². The summed E-state index contributed by atoms with van der Waals surface area (Å²) in [7, 11) is 0. The average Bonchev–Trinajstić information content (AvgIpc) is 3.29. The molecule has 1 saturated carbocycles. The molecule has 1 aromatic rings. The lowest BCUT2D eigenvalue weighted by molar-refractivity contribution is -0.121. The van der Waals surface area contributed by atoms with Crippen molar-refractivity contribution in [2.45, 2.75) is 63.6 Å². The highest BCUT2D eigenvalue weighted by atomic mass is 32.1. The Kier molecular flexibility index (Phi) is 7.46. The van der Waals surface area contributed by atoms with Crippen LogP contribution in [0.1, 0.15) is 49.8 Å². The lowest BCUT2D eigenvalue weighted by atomic mass is 9.96. The Morgan fingerprint density at radius 1 is 1.19 bits per heavy atom. The second-order valence-corrected chi connectivity index (χ2v) is 8.27. The number of nitrogens with one attached hydrogen (secondary N) is 2. The van der Waals surface area contributed by atoms with Gasteiger partial charge in [0.2, 0.25) is 5.91 Å². The average molecular weight is 380 g/mol. The summed E-state index contributed by atoms with van der Waals surface area (Å²) in [6, 6.07) is 3.92. The van der Waals surface area contributed by atoms with E-state index in [1.54, 1.807) is 11.3 Å². The molecule has 1 saturated heterocycles. The summed E-state index contributed by atoms with van der Waals surface area (Å²) in [5.74, 6) is -0.257. The number of carbonyl (C=O) groups excluding carboxylic acids is 2. The van der Waals surface area contributed by atoms with Crippen LogP contribution >= 0.6 is 11.3 Å². The Hall–Kier alpha value is -1.44. The van der Waals surface area contributed by atoms with Crippen LogP contribution in [0.4, 0.5) is 4.79 Å². The van der Waals surface area contributed by atoms with Crippen molar-refractivity contribution >= 4 is 23.3 Å². The van der Waals surface area contributed by atoms with E-state index in [-0.39, 0.29) is 30.6 Å². The van der Waals surface area contributed by atoms with E-state index in [4.69, 9.17) is 4.74 Å². The maximum absolute atomic E-state index is 12.4. The maximum atomic E-state index is 12.4. The first-order valence-electron chi connectivity index (χ1n) is 9.66. The molecule has 0 radical (unpaired) electrons. The highest BCUT2D eigenvalue weighted by Gasteiger charge is 2.22. The first kappa shape index (κ1) is 19.3. The van der Waals surface area contributed by atoms with Gasteiger partial charge in [0.15, 0.2) is 0 Å². The highest BCUT2D eigenvalue weighted by Crippen LogP contribution is 2.18. The Labute approximate surface area is 159 Å². The van der Waals surface area contributed by atoms with Gasteiger partial charge in [-0.15, -0.1) is 11.3 Å². The molecule has 0 unspecified atom stereocenters. The maximum Gasteiger partial charge on any atom is 0.321 e. The minimum absolute atomic E-state index is 0.179. The van der Waals surface area contributed by atoms with Crippen LogP contribution < -0.4 is 10.6 Å². The summed E-state index contributed by atoms with van der Waals surface area (Å²) < 4.78 is 5.72. The molecule has 1 aromatic heterocycles. The van der Waals surface area contributed by atoms with E-state index in [0.717, 1.165) is 51.7 Å². The number of urea groups is 1. The number of thiophene rings is 1. The fraction of sp³-hybridized carbons (Fsp3) is 0.684. The molecule has 3 amide bonds. The van der Waals surface area contributed by atoms with E-state index in [0.29, 0.717) is 6.54 Å². The van der Waals surface area contributed by atoms with Crippen LogP contribution in [0.2, 0.25) is 0 Å². The first-order chi connectivity index (χ1) is 12.7. The van der Waals surface area contributed by atoms with E-state index >= 15 is 0 Å². The van der Waals surface area contributed by atoms with Gasteiger partial charge in [-0.05, 0) is 37.1 Å². The predicted octanol–water partition coefficient (Wildman–Crippen LogP) is 2.89. The molecule has 1 atom stereocenters. The topological polar surface area (TPSA) is 70.7 Å². The number of ether oxygens (including phenoxy) is 1. The van der Waals surface area contributed by atoms with E-state index in [2.05, 4.69) is 21.6 Å². The smallest absolute Gasteiger partial charge is 0.321 e. The van der Waals surface area contributed by atoms with Gasteiger partial charge in [-0.1, -0.05) is 25.3 Å². The van der Waals surface area contributed by atoms with Crippen LogP contribution in [0.5, 0.6) is 0 Å². The zero-order valence-corrected chi connectivity index (χ0v) is 16.1. The fourth-order valence-corrected chi connectivity index (χ4v) is 4.47. The molecule has 2 fully saturated rings. The van der Waals surface area contributed by atoms with Gasteiger partial charge < -0.3 is 10.1 Å². The summed E-state index contributed by atoms with van der Waals surface area (Å²) in [6.07, 6.45) is 7.83. The van der Waals surface area contributed by atoms with Gasteiger partial charge in [-0.3, -0.25) is 15.0 Å². The molecule has 3 rings (SSSR count). The van der Waals surface area contributed by atoms with Crippen molar-refractivity contribution in [2.24, 2.45) is 0 Å². The number of hydrogen-bond donors (Lipinski definition) is 2. The van der Waals surface area contributed by atoms with Gasteiger partial charge in [0, 0.05) is 30.6 Å². The Balaban J connectivity index is 1.47. The molecule has 26 heavy (non-hydrogen) atoms. The highest BCUT2D eigenvalue weighted by molar-refractivity contribution is 7.09. The number of amides is 3. The van der Waals surface area contributed by atoms with Gasteiger partial charge in [-0.25, -0.2) is 4.79 Å². The Morgan fingerprint density at radius 2 is 2.04 bits per heavy atom. The monoisotopic (exact) mass is 379 g/mol. The van der Waals surface area contributed by atoms with Crippen molar-refractivity contribution in [3.63, 3.8) is 0 Å². The standard InChI is InChI=1S/C19H29N3O3S/c23-18(21-19(24)20-15-6-2-1-3-7-15)14-22(12-16-8-4-10-25-16)13-17-9-5-11-26-17/h5,9,11,15-16H,1-4,6-8,10,12-14H2,(H2,20,21,23,24)/t16-/m0/s1. The fourth-order valence-electron chi connectivity index (χ4n) is 3.72. The van der Waals surface area contributed by atoms with Gasteiger partial charge in [0.25, 0.3) is 0 Å². The Bertz CT molecular complexity index is 567. The number of imide groups is 1. The molecule has 2 N–H and O–H groups in total. The van der Waals surface area contributed by atoms with Crippen molar-refractivity contribution < 1.29 is 14.3 Å². The van der Waals surface area contributed by atoms with E-state index in [1.807, 2.05) is 11.4 Å². The molecule has 1 aliphatic heterocycles. The zero-order chi connectivity index (χ0) is 18.2. The number of hydrogen-bond acceptors (Lipinski definition) is 5. The third kappa shape index (κ3) is 6.37. The van der Waals surface area contributed by atoms with Crippen LogP contribution in [0.25, 0.3) is 0 Å². The second kappa shape index (κ2) is 10.0. The van der Waals surface area contributed by atoms with Gasteiger partial charge >= 0.3 is 6.03 Å². The van der Waals surface area contributed by atoms with Crippen molar-refractivity contribution in [2.75, 3.05) is 19.7 Å². The molecule has 6 nitrogen and oxygen atoms in total. The molecule has 7 heteroatoms. The largest absolute Gasteiger partial charge is 0.377 e. The molecule has 0 spiro atoms. The third-order valence-electron chi connectivity index (χ3n) is 5.01. The predicted molar refractivity (Wildman–Crippen MR) is 102 cm³/mol. The van der Waals surface area contributed by atoms with Crippen LogP contribution in [0.15, 0.2) is 17.5 Å². The second-order valence-electron chi connectivity index (χ2n) is 7.24. The molecule has 1 aliphatic carbocycles.